The quantitative estimate of drug-likeness (QED) is 0.570. The van der Waals surface area contributed by atoms with E-state index in [0.717, 1.165) is 0 Å². The smallest absolute Gasteiger partial charge is 0.312 e. The van der Waals surface area contributed by atoms with Gasteiger partial charge in [0.15, 0.2) is 0 Å². The molecule has 1 aromatic carbocycles. The second-order valence-corrected chi connectivity index (χ2v) is 2.96. The van der Waals surface area contributed by atoms with Gasteiger partial charge >= 0.3 is 5.69 Å². The Bertz CT molecular complexity index is 354. The largest absolute Gasteiger partial charge is 0.489 e. The summed E-state index contributed by atoms with van der Waals surface area (Å²) >= 11 is 11.3. The van der Waals surface area contributed by atoms with Crippen LogP contribution in [0, 0.1) is 10.1 Å². The maximum atomic E-state index is 10.5. The Balaban J connectivity index is 3.38. The number of halogens is 2. The highest BCUT2D eigenvalue weighted by Gasteiger charge is 2.19. The summed E-state index contributed by atoms with van der Waals surface area (Å²) in [6.07, 6.45) is 0. The fourth-order valence-corrected chi connectivity index (χ4v) is 1.25. The standard InChI is InChI=1S/C7H5Cl2NO3/c1-13-7-5(10(11)12)3-2-4(8)6(7)9/h2-3H,1H3. The van der Waals surface area contributed by atoms with Gasteiger partial charge in [0.25, 0.3) is 0 Å². The molecule has 0 atom stereocenters. The van der Waals surface area contributed by atoms with E-state index in [1.807, 2.05) is 0 Å². The molecular weight excluding hydrogens is 217 g/mol. The lowest BCUT2D eigenvalue weighted by Gasteiger charge is -2.04. The fraction of sp³-hybridized carbons (Fsp3) is 0.143. The minimum atomic E-state index is -0.582. The minimum absolute atomic E-state index is 0.0147. The third kappa shape index (κ3) is 1.84. The van der Waals surface area contributed by atoms with Gasteiger partial charge in [-0.15, -0.1) is 0 Å². The summed E-state index contributed by atoms with van der Waals surface area (Å²) in [6.45, 7) is 0. The minimum Gasteiger partial charge on any atom is -0.489 e. The molecule has 0 N–H and O–H groups in total. The number of benzene rings is 1. The average molecular weight is 222 g/mol. The highest BCUT2D eigenvalue weighted by Crippen LogP contribution is 2.38. The molecule has 70 valence electrons. The SMILES string of the molecule is COc1c([N+](=O)[O-])ccc(Cl)c1Cl. The van der Waals surface area contributed by atoms with Crippen LogP contribution in [0.3, 0.4) is 0 Å². The number of nitro benzene ring substituents is 1. The van der Waals surface area contributed by atoms with Crippen LogP contribution in [-0.2, 0) is 0 Å². The average Bonchev–Trinajstić information content (AvgIpc) is 2.09. The van der Waals surface area contributed by atoms with Crippen LogP contribution in [0.2, 0.25) is 10.0 Å². The number of ether oxygens (including phenoxy) is 1. The molecule has 0 fully saturated rings. The van der Waals surface area contributed by atoms with Crippen molar-refractivity contribution in [1.82, 2.24) is 0 Å². The molecule has 1 rings (SSSR count). The third-order valence-electron chi connectivity index (χ3n) is 1.43. The van der Waals surface area contributed by atoms with Gasteiger partial charge in [0.05, 0.1) is 17.1 Å². The lowest BCUT2D eigenvalue weighted by molar-refractivity contribution is -0.385. The van der Waals surface area contributed by atoms with E-state index in [2.05, 4.69) is 0 Å². The van der Waals surface area contributed by atoms with Gasteiger partial charge in [0.1, 0.15) is 5.02 Å². The molecule has 0 amide bonds. The highest BCUT2D eigenvalue weighted by atomic mass is 35.5. The van der Waals surface area contributed by atoms with Crippen molar-refractivity contribution >= 4 is 28.9 Å². The number of nitrogens with zero attached hydrogens (tertiary/aromatic N) is 1. The van der Waals surface area contributed by atoms with E-state index in [1.54, 1.807) is 0 Å². The van der Waals surface area contributed by atoms with Crippen LogP contribution in [0.1, 0.15) is 0 Å². The first-order valence-electron chi connectivity index (χ1n) is 3.24. The van der Waals surface area contributed by atoms with E-state index in [9.17, 15) is 10.1 Å². The van der Waals surface area contributed by atoms with E-state index in [0.29, 0.717) is 0 Å². The zero-order valence-corrected chi connectivity index (χ0v) is 8.09. The molecule has 0 aliphatic carbocycles. The van der Waals surface area contributed by atoms with E-state index in [1.165, 1.54) is 19.2 Å². The van der Waals surface area contributed by atoms with Gasteiger partial charge in [-0.05, 0) is 6.07 Å². The van der Waals surface area contributed by atoms with Crippen molar-refractivity contribution in [2.75, 3.05) is 7.11 Å². The molecule has 4 nitrogen and oxygen atoms in total. The molecule has 0 radical (unpaired) electrons. The topological polar surface area (TPSA) is 52.4 Å². The number of rotatable bonds is 2. The summed E-state index contributed by atoms with van der Waals surface area (Å²) in [6, 6.07) is 2.59. The summed E-state index contributed by atoms with van der Waals surface area (Å²) in [7, 11) is 1.30. The van der Waals surface area contributed by atoms with Crippen LogP contribution >= 0.6 is 23.2 Å². The second kappa shape index (κ2) is 3.81. The maximum Gasteiger partial charge on any atom is 0.312 e. The van der Waals surface area contributed by atoms with Gasteiger partial charge in [0.2, 0.25) is 5.75 Å². The molecule has 0 heterocycles. The predicted octanol–water partition coefficient (Wildman–Crippen LogP) is 2.91. The first-order chi connectivity index (χ1) is 6.07. The van der Waals surface area contributed by atoms with E-state index in [-0.39, 0.29) is 21.5 Å². The van der Waals surface area contributed by atoms with Gasteiger partial charge in [-0.2, -0.15) is 0 Å². The van der Waals surface area contributed by atoms with Gasteiger partial charge in [-0.25, -0.2) is 0 Å². The first-order valence-corrected chi connectivity index (χ1v) is 4.00. The van der Waals surface area contributed by atoms with Crippen LogP contribution in [0.25, 0.3) is 0 Å². The lowest BCUT2D eigenvalue weighted by atomic mass is 10.3. The monoisotopic (exact) mass is 221 g/mol. The molecule has 0 spiro atoms. The lowest BCUT2D eigenvalue weighted by Crippen LogP contribution is -1.94. The van der Waals surface area contributed by atoms with E-state index < -0.39 is 4.92 Å². The van der Waals surface area contributed by atoms with Crippen molar-refractivity contribution in [1.29, 1.82) is 0 Å². The molecule has 0 aliphatic heterocycles. The zero-order chi connectivity index (χ0) is 10.0. The van der Waals surface area contributed by atoms with Crippen LogP contribution in [0.15, 0.2) is 12.1 Å². The molecule has 6 heteroatoms. The summed E-state index contributed by atoms with van der Waals surface area (Å²) < 4.78 is 4.76. The van der Waals surface area contributed by atoms with Crippen molar-refractivity contribution in [2.24, 2.45) is 0 Å². The number of methoxy groups -OCH3 is 1. The van der Waals surface area contributed by atoms with Crippen LogP contribution in [0.4, 0.5) is 5.69 Å². The Morgan fingerprint density at radius 1 is 1.46 bits per heavy atom. The molecule has 0 unspecified atom stereocenters. The molecule has 0 aromatic heterocycles. The first kappa shape index (κ1) is 10.1. The Morgan fingerprint density at radius 3 is 2.54 bits per heavy atom. The van der Waals surface area contributed by atoms with Crippen molar-refractivity contribution in [3.8, 4) is 5.75 Å². The Hall–Kier alpha value is -1.000. The molecule has 0 bridgehead atoms. The molecule has 0 saturated carbocycles. The molecule has 1 aromatic rings. The number of nitro groups is 1. The molecular formula is C7H5Cl2NO3. The van der Waals surface area contributed by atoms with Crippen molar-refractivity contribution in [3.05, 3.63) is 32.3 Å². The number of hydrogen-bond acceptors (Lipinski definition) is 3. The van der Waals surface area contributed by atoms with E-state index >= 15 is 0 Å². The molecule has 0 aliphatic rings. The fourth-order valence-electron chi connectivity index (χ4n) is 0.860. The zero-order valence-electron chi connectivity index (χ0n) is 6.58. The van der Waals surface area contributed by atoms with Crippen molar-refractivity contribution < 1.29 is 9.66 Å². The van der Waals surface area contributed by atoms with Crippen LogP contribution in [0.5, 0.6) is 5.75 Å². The Morgan fingerprint density at radius 2 is 2.08 bits per heavy atom. The summed E-state index contributed by atoms with van der Waals surface area (Å²) in [5.41, 5.74) is -0.197. The molecule has 13 heavy (non-hydrogen) atoms. The summed E-state index contributed by atoms with van der Waals surface area (Å²) in [5.74, 6) is -0.0147. The summed E-state index contributed by atoms with van der Waals surface area (Å²) in [5, 5.41) is 10.7. The normalized spacial score (nSPS) is 9.77. The second-order valence-electron chi connectivity index (χ2n) is 2.17. The van der Waals surface area contributed by atoms with Crippen molar-refractivity contribution in [3.63, 3.8) is 0 Å². The van der Waals surface area contributed by atoms with Gasteiger partial charge < -0.3 is 4.74 Å². The summed E-state index contributed by atoms with van der Waals surface area (Å²) in [4.78, 5) is 9.89. The van der Waals surface area contributed by atoms with Gasteiger partial charge in [-0.3, -0.25) is 10.1 Å². The van der Waals surface area contributed by atoms with Crippen LogP contribution in [-0.4, -0.2) is 12.0 Å². The van der Waals surface area contributed by atoms with Crippen molar-refractivity contribution in [2.45, 2.75) is 0 Å². The van der Waals surface area contributed by atoms with E-state index in [4.69, 9.17) is 27.9 Å². The Kier molecular flexibility index (Phi) is 2.95. The van der Waals surface area contributed by atoms with Crippen LogP contribution < -0.4 is 4.74 Å². The predicted molar refractivity (Wildman–Crippen MR) is 49.7 cm³/mol. The maximum absolute atomic E-state index is 10.5. The molecule has 0 saturated heterocycles. The Labute approximate surface area is 84.2 Å². The number of hydrogen-bond donors (Lipinski definition) is 0. The highest BCUT2D eigenvalue weighted by molar-refractivity contribution is 6.43. The third-order valence-corrected chi connectivity index (χ3v) is 2.22. The van der Waals surface area contributed by atoms with Gasteiger partial charge in [0, 0.05) is 6.07 Å². The van der Waals surface area contributed by atoms with Gasteiger partial charge in [-0.1, -0.05) is 23.2 Å².